The number of nitrogens with two attached hydrogens (primary N) is 1. The Morgan fingerprint density at radius 2 is 1.96 bits per heavy atom. The van der Waals surface area contributed by atoms with E-state index in [0.29, 0.717) is 6.42 Å². The van der Waals surface area contributed by atoms with Gasteiger partial charge in [-0.05, 0) is 12.0 Å². The molecule has 1 heterocycles. The second kappa shape index (κ2) is 11.1. The number of imidazole rings is 1. The summed E-state index contributed by atoms with van der Waals surface area (Å²) in [5, 5.41) is 0. The number of likely N-dealkylation sites (N-methyl/N-ethyl adjacent to an activating group) is 1. The summed E-state index contributed by atoms with van der Waals surface area (Å²) in [5.74, 6) is -0.0283. The van der Waals surface area contributed by atoms with Crippen LogP contribution in [0.25, 0.3) is 0 Å². The summed E-state index contributed by atoms with van der Waals surface area (Å²) in [6.07, 6.45) is 5.14. The molecule has 134 valence electrons. The van der Waals surface area contributed by atoms with Gasteiger partial charge < -0.3 is 15.2 Å². The number of benzene rings is 1. The predicted molar refractivity (Wildman–Crippen MR) is 102 cm³/mol. The molecule has 1 amide bonds. The molecule has 0 unspecified atom stereocenters. The smallest absolute Gasteiger partial charge is 0.239 e. The zero-order valence-electron chi connectivity index (χ0n) is 14.1. The van der Waals surface area contributed by atoms with Gasteiger partial charge in [0.25, 0.3) is 0 Å². The topological polar surface area (TPSA) is 64.2 Å². The van der Waals surface area contributed by atoms with Crippen molar-refractivity contribution in [1.29, 1.82) is 0 Å². The highest BCUT2D eigenvalue weighted by Gasteiger charge is 2.18. The molecule has 0 saturated heterocycles. The Morgan fingerprint density at radius 3 is 2.58 bits per heavy atom. The van der Waals surface area contributed by atoms with Crippen LogP contribution in [0.4, 0.5) is 0 Å². The molecule has 2 aromatic rings. The molecule has 2 rings (SSSR count). The van der Waals surface area contributed by atoms with Crippen molar-refractivity contribution in [3.05, 3.63) is 54.1 Å². The molecular weight excluding hydrogens is 347 g/mol. The highest BCUT2D eigenvalue weighted by molar-refractivity contribution is 5.85. The number of aromatic nitrogens is 2. The third-order valence-corrected chi connectivity index (χ3v) is 3.58. The van der Waals surface area contributed by atoms with E-state index in [1.54, 1.807) is 18.3 Å². The Hall–Kier alpha value is -1.56. The fourth-order valence-electron chi connectivity index (χ4n) is 2.43. The van der Waals surface area contributed by atoms with Crippen LogP contribution in [0, 0.1) is 0 Å². The molecule has 24 heavy (non-hydrogen) atoms. The van der Waals surface area contributed by atoms with Crippen molar-refractivity contribution in [2.45, 2.75) is 32.4 Å². The largest absolute Gasteiger partial charge is 0.344 e. The Labute approximate surface area is 156 Å². The Bertz CT molecular complexity index is 604. The molecule has 1 aromatic carbocycles. The molecule has 2 N–H and O–H groups in total. The first kappa shape index (κ1) is 22.4. The van der Waals surface area contributed by atoms with Crippen molar-refractivity contribution in [2.75, 3.05) is 13.6 Å². The minimum atomic E-state index is -0.531. The van der Waals surface area contributed by atoms with Gasteiger partial charge in [-0.2, -0.15) is 0 Å². The van der Waals surface area contributed by atoms with Crippen LogP contribution in [-0.4, -0.2) is 40.0 Å². The molecule has 0 spiro atoms. The highest BCUT2D eigenvalue weighted by atomic mass is 35.5. The molecule has 5 nitrogen and oxygen atoms in total. The minimum Gasteiger partial charge on any atom is -0.344 e. The van der Waals surface area contributed by atoms with Crippen LogP contribution in [0.5, 0.6) is 0 Å². The normalized spacial score (nSPS) is 11.1. The lowest BCUT2D eigenvalue weighted by molar-refractivity contribution is -0.131. The summed E-state index contributed by atoms with van der Waals surface area (Å²) in [6, 6.07) is 9.66. The molecule has 0 fully saturated rings. The molecule has 0 saturated carbocycles. The lowest BCUT2D eigenvalue weighted by Crippen LogP contribution is -2.43. The van der Waals surface area contributed by atoms with Crippen LogP contribution in [0.1, 0.15) is 24.6 Å². The number of halogens is 2. The number of carbonyl (C=O) groups is 1. The van der Waals surface area contributed by atoms with Crippen LogP contribution in [-0.2, 0) is 17.8 Å². The van der Waals surface area contributed by atoms with Gasteiger partial charge in [-0.15, -0.1) is 24.8 Å². The first-order valence-corrected chi connectivity index (χ1v) is 7.65. The van der Waals surface area contributed by atoms with Gasteiger partial charge in [-0.1, -0.05) is 37.3 Å². The Morgan fingerprint density at radius 1 is 1.29 bits per heavy atom. The van der Waals surface area contributed by atoms with E-state index in [4.69, 9.17) is 5.73 Å². The summed E-state index contributed by atoms with van der Waals surface area (Å²) in [7, 11) is 1.79. The lowest BCUT2D eigenvalue weighted by Gasteiger charge is -2.20. The second-order valence-electron chi connectivity index (χ2n) is 5.59. The molecule has 0 bridgehead atoms. The Kier molecular flexibility index (Phi) is 10.4. The van der Waals surface area contributed by atoms with Gasteiger partial charge in [0.05, 0.1) is 18.1 Å². The third kappa shape index (κ3) is 6.51. The van der Waals surface area contributed by atoms with Gasteiger partial charge in [0.1, 0.15) is 0 Å². The summed E-state index contributed by atoms with van der Waals surface area (Å²) in [5.41, 5.74) is 8.07. The van der Waals surface area contributed by atoms with E-state index in [-0.39, 0.29) is 30.7 Å². The number of hydrogen-bond donors (Lipinski definition) is 1. The summed E-state index contributed by atoms with van der Waals surface area (Å²) in [4.78, 5) is 18.1. The first-order valence-electron chi connectivity index (χ1n) is 7.65. The molecule has 0 aliphatic heterocycles. The molecule has 7 heteroatoms. The quantitative estimate of drug-likeness (QED) is 0.811. The average Bonchev–Trinajstić information content (AvgIpc) is 2.94. The number of hydrogen-bond acceptors (Lipinski definition) is 3. The maximum absolute atomic E-state index is 12.1. The van der Waals surface area contributed by atoms with Crippen molar-refractivity contribution in [3.8, 4) is 0 Å². The highest BCUT2D eigenvalue weighted by Crippen LogP contribution is 2.06. The number of amides is 1. The van der Waals surface area contributed by atoms with E-state index in [9.17, 15) is 4.79 Å². The molecule has 1 atom stereocenters. The zero-order valence-corrected chi connectivity index (χ0v) is 15.7. The van der Waals surface area contributed by atoms with E-state index >= 15 is 0 Å². The van der Waals surface area contributed by atoms with Crippen LogP contribution < -0.4 is 5.73 Å². The fourth-order valence-corrected chi connectivity index (χ4v) is 2.43. The molecule has 1 aromatic heterocycles. The van der Waals surface area contributed by atoms with E-state index in [0.717, 1.165) is 25.2 Å². The molecule has 0 aliphatic rings. The van der Waals surface area contributed by atoms with E-state index in [1.165, 1.54) is 5.56 Å². The Balaban J connectivity index is 0.00000264. The van der Waals surface area contributed by atoms with Crippen molar-refractivity contribution in [3.63, 3.8) is 0 Å². The van der Waals surface area contributed by atoms with Gasteiger partial charge in [0.2, 0.25) is 5.91 Å². The van der Waals surface area contributed by atoms with Crippen LogP contribution >= 0.6 is 24.8 Å². The summed E-state index contributed by atoms with van der Waals surface area (Å²) < 4.78 is 2.01. The van der Waals surface area contributed by atoms with Gasteiger partial charge in [0, 0.05) is 32.8 Å². The number of rotatable bonds is 7. The molecular formula is C17H26Cl2N4O. The van der Waals surface area contributed by atoms with Gasteiger partial charge >= 0.3 is 0 Å². The minimum absolute atomic E-state index is 0. The average molecular weight is 373 g/mol. The predicted octanol–water partition coefficient (Wildman–Crippen LogP) is 2.51. The molecule has 0 radical (unpaired) electrons. The third-order valence-electron chi connectivity index (χ3n) is 3.58. The first-order chi connectivity index (χ1) is 10.6. The van der Waals surface area contributed by atoms with E-state index in [1.807, 2.05) is 35.9 Å². The van der Waals surface area contributed by atoms with E-state index in [2.05, 4.69) is 17.1 Å². The van der Waals surface area contributed by atoms with Crippen LogP contribution in [0.2, 0.25) is 0 Å². The number of nitrogens with zero attached hydrogens (tertiary/aromatic N) is 3. The molecule has 0 aliphatic carbocycles. The summed E-state index contributed by atoms with van der Waals surface area (Å²) in [6.45, 7) is 3.54. The van der Waals surface area contributed by atoms with Gasteiger partial charge in [-0.25, -0.2) is 4.98 Å². The monoisotopic (exact) mass is 372 g/mol. The maximum atomic E-state index is 12.1. The maximum Gasteiger partial charge on any atom is 0.239 e. The van der Waals surface area contributed by atoms with Crippen molar-refractivity contribution in [1.82, 2.24) is 14.5 Å². The fraction of sp³-hybridized carbons (Fsp3) is 0.412. The van der Waals surface area contributed by atoms with E-state index < -0.39 is 6.04 Å². The van der Waals surface area contributed by atoms with Crippen molar-refractivity contribution in [2.24, 2.45) is 5.73 Å². The number of carbonyl (C=O) groups excluding carboxylic acids is 1. The van der Waals surface area contributed by atoms with Gasteiger partial charge in [0.15, 0.2) is 0 Å². The lowest BCUT2D eigenvalue weighted by atomic mass is 10.1. The SMILES string of the molecule is CCCN(C)C(=O)[C@@H](N)Cc1cn(Cc2ccccc2)cn1.Cl.Cl. The van der Waals surface area contributed by atoms with Crippen LogP contribution in [0.3, 0.4) is 0 Å². The van der Waals surface area contributed by atoms with Crippen molar-refractivity contribution >= 4 is 30.7 Å². The van der Waals surface area contributed by atoms with Crippen molar-refractivity contribution < 1.29 is 4.79 Å². The van der Waals surface area contributed by atoms with Crippen LogP contribution in [0.15, 0.2) is 42.9 Å². The summed E-state index contributed by atoms with van der Waals surface area (Å²) >= 11 is 0. The second-order valence-corrected chi connectivity index (χ2v) is 5.59. The van der Waals surface area contributed by atoms with Gasteiger partial charge in [-0.3, -0.25) is 4.79 Å². The zero-order chi connectivity index (χ0) is 15.9. The standard InChI is InChI=1S/C17H24N4O.2ClH/c1-3-9-20(2)17(22)16(18)10-15-12-21(13-19-15)11-14-7-5-4-6-8-14;;/h4-8,12-13,16H,3,9-11,18H2,1-2H3;2*1H/t16-;;/m0../s1.